The number of rotatable bonds is 6. The number of hydrogen-bond acceptors (Lipinski definition) is 6. The number of amides is 3. The molecule has 2 atom stereocenters. The van der Waals surface area contributed by atoms with Crippen molar-refractivity contribution in [2.24, 2.45) is 11.8 Å². The first-order valence-corrected chi connectivity index (χ1v) is 13.7. The molecule has 1 N–H and O–H groups in total. The van der Waals surface area contributed by atoms with Crippen molar-refractivity contribution in [2.45, 2.75) is 11.8 Å². The van der Waals surface area contributed by atoms with Gasteiger partial charge in [-0.25, -0.2) is 9.69 Å². The van der Waals surface area contributed by atoms with Gasteiger partial charge in [0.15, 0.2) is 6.61 Å². The molecule has 8 heteroatoms. The minimum Gasteiger partial charge on any atom is -0.497 e. The number of nitrogens with zero attached hydrogens (tertiary/aromatic N) is 1. The number of benzene rings is 4. The van der Waals surface area contributed by atoms with Crippen LogP contribution in [0.15, 0.2) is 97.1 Å². The molecule has 42 heavy (non-hydrogen) atoms. The molecule has 0 saturated carbocycles. The molecular weight excluding hydrogens is 532 g/mol. The number of methoxy groups -OCH3 is 1. The molecule has 4 aliphatic rings. The molecule has 0 radical (unpaired) electrons. The van der Waals surface area contributed by atoms with Gasteiger partial charge in [0, 0.05) is 23.6 Å². The Morgan fingerprint density at radius 1 is 0.738 bits per heavy atom. The van der Waals surface area contributed by atoms with Crippen molar-refractivity contribution in [3.63, 3.8) is 0 Å². The molecule has 8 nitrogen and oxygen atoms in total. The monoisotopic (exact) mass is 558 g/mol. The van der Waals surface area contributed by atoms with Gasteiger partial charge in [0.2, 0.25) is 11.8 Å². The first kappa shape index (κ1) is 25.7. The van der Waals surface area contributed by atoms with Crippen molar-refractivity contribution in [3.8, 4) is 5.75 Å². The summed E-state index contributed by atoms with van der Waals surface area (Å²) >= 11 is 0. The SMILES string of the molecule is COc1cccc(NC(=O)COC(=O)c2cccc(N3C(=O)[C@@H]4C5c6ccccc6C(c6ccccc65)[C@@H]4C3=O)c2)c1. The molecule has 0 spiro atoms. The molecule has 4 aromatic carbocycles. The standard InChI is InChI=1S/C34H26N2O6/c1-41-22-11-7-9-20(17-22)35-27(37)18-42-34(40)19-8-6-10-21(16-19)36-32(38)30-28-23-12-2-3-13-24(23)29(31(30)33(36)39)26-15-5-4-14-25(26)28/h2-17,28-31H,18H2,1H3,(H,35,37)/t28?,29?,30-,31+. The molecule has 0 unspecified atom stereocenters. The number of hydrogen-bond donors (Lipinski definition) is 1. The Kier molecular flexibility index (Phi) is 6.12. The quantitative estimate of drug-likeness (QED) is 0.267. The normalized spacial score (nSPS) is 21.3. The number of carbonyl (C=O) groups excluding carboxylic acids is 4. The maximum atomic E-state index is 14.0. The van der Waals surface area contributed by atoms with Gasteiger partial charge >= 0.3 is 5.97 Å². The van der Waals surface area contributed by atoms with Crippen molar-refractivity contribution in [2.75, 3.05) is 23.9 Å². The van der Waals surface area contributed by atoms with E-state index in [9.17, 15) is 19.2 Å². The lowest BCUT2D eigenvalue weighted by molar-refractivity contribution is -0.122. The lowest BCUT2D eigenvalue weighted by Gasteiger charge is -2.45. The second-order valence-electron chi connectivity index (χ2n) is 10.7. The topological polar surface area (TPSA) is 102 Å². The Labute approximate surface area is 241 Å². The van der Waals surface area contributed by atoms with Crippen LogP contribution in [0.2, 0.25) is 0 Å². The summed E-state index contributed by atoms with van der Waals surface area (Å²) in [5, 5.41) is 2.66. The molecule has 208 valence electrons. The zero-order valence-electron chi connectivity index (χ0n) is 22.7. The third-order valence-electron chi connectivity index (χ3n) is 8.48. The lowest BCUT2D eigenvalue weighted by Crippen LogP contribution is -2.41. The predicted octanol–water partition coefficient (Wildman–Crippen LogP) is 4.89. The Morgan fingerprint density at radius 2 is 1.31 bits per heavy atom. The Bertz CT molecular complexity index is 1670. The van der Waals surface area contributed by atoms with Crippen LogP contribution in [0, 0.1) is 11.8 Å². The van der Waals surface area contributed by atoms with Crippen molar-refractivity contribution in [1.29, 1.82) is 0 Å². The molecule has 1 saturated heterocycles. The summed E-state index contributed by atoms with van der Waals surface area (Å²) in [4.78, 5) is 54.5. The summed E-state index contributed by atoms with van der Waals surface area (Å²) < 4.78 is 10.4. The maximum Gasteiger partial charge on any atom is 0.338 e. The maximum absolute atomic E-state index is 14.0. The largest absolute Gasteiger partial charge is 0.497 e. The van der Waals surface area contributed by atoms with Gasteiger partial charge < -0.3 is 14.8 Å². The van der Waals surface area contributed by atoms with Gasteiger partial charge in [-0.05, 0) is 52.6 Å². The predicted molar refractivity (Wildman–Crippen MR) is 154 cm³/mol. The Balaban J connectivity index is 1.12. The van der Waals surface area contributed by atoms with Gasteiger partial charge in [0.25, 0.3) is 5.91 Å². The van der Waals surface area contributed by atoms with Crippen LogP contribution in [0.1, 0.15) is 44.4 Å². The third kappa shape index (κ3) is 3.98. The van der Waals surface area contributed by atoms with Gasteiger partial charge in [-0.1, -0.05) is 60.7 Å². The molecule has 1 aliphatic heterocycles. The second kappa shape index (κ2) is 9.99. The highest BCUT2D eigenvalue weighted by Gasteiger charge is 2.61. The van der Waals surface area contributed by atoms with Crippen molar-refractivity contribution in [3.05, 3.63) is 125 Å². The van der Waals surface area contributed by atoms with Crippen LogP contribution in [0.25, 0.3) is 0 Å². The minimum absolute atomic E-state index is 0.131. The summed E-state index contributed by atoms with van der Waals surface area (Å²) in [5.41, 5.74) is 5.31. The number of esters is 1. The number of ether oxygens (including phenoxy) is 2. The van der Waals surface area contributed by atoms with Crippen molar-refractivity contribution < 1.29 is 28.7 Å². The van der Waals surface area contributed by atoms with Crippen LogP contribution in [0.5, 0.6) is 5.75 Å². The smallest absolute Gasteiger partial charge is 0.338 e. The molecular formula is C34H26N2O6. The van der Waals surface area contributed by atoms with E-state index in [1.807, 2.05) is 24.3 Å². The van der Waals surface area contributed by atoms with Gasteiger partial charge in [-0.2, -0.15) is 0 Å². The van der Waals surface area contributed by atoms with Crippen LogP contribution in [-0.4, -0.2) is 37.4 Å². The second-order valence-corrected chi connectivity index (χ2v) is 10.7. The number of nitrogens with one attached hydrogen (secondary N) is 1. The van der Waals surface area contributed by atoms with Gasteiger partial charge in [-0.3, -0.25) is 14.4 Å². The fourth-order valence-electron chi connectivity index (χ4n) is 6.82. The van der Waals surface area contributed by atoms with E-state index in [4.69, 9.17) is 9.47 Å². The Morgan fingerprint density at radius 3 is 1.88 bits per heavy atom. The molecule has 1 heterocycles. The zero-order chi connectivity index (χ0) is 29.0. The van der Waals surface area contributed by atoms with Gasteiger partial charge in [-0.15, -0.1) is 0 Å². The van der Waals surface area contributed by atoms with E-state index < -0.39 is 30.3 Å². The summed E-state index contributed by atoms with van der Waals surface area (Å²) in [7, 11) is 1.52. The van der Waals surface area contributed by atoms with Crippen LogP contribution in [0.3, 0.4) is 0 Å². The highest BCUT2D eigenvalue weighted by Crippen LogP contribution is 2.61. The van der Waals surface area contributed by atoms with Crippen LogP contribution >= 0.6 is 0 Å². The lowest BCUT2D eigenvalue weighted by atomic mass is 9.55. The first-order valence-electron chi connectivity index (χ1n) is 13.7. The number of carbonyl (C=O) groups is 4. The minimum atomic E-state index is -0.742. The molecule has 4 aromatic rings. The third-order valence-corrected chi connectivity index (χ3v) is 8.48. The van der Waals surface area contributed by atoms with Gasteiger partial charge in [0.05, 0.1) is 30.2 Å². The van der Waals surface area contributed by atoms with E-state index in [1.165, 1.54) is 24.1 Å². The van der Waals surface area contributed by atoms with E-state index in [0.29, 0.717) is 17.1 Å². The fraction of sp³-hybridized carbons (Fsp3) is 0.176. The van der Waals surface area contributed by atoms with Crippen LogP contribution in [0.4, 0.5) is 11.4 Å². The zero-order valence-corrected chi connectivity index (χ0v) is 22.7. The molecule has 1 fully saturated rings. The van der Waals surface area contributed by atoms with E-state index in [0.717, 1.165) is 22.3 Å². The summed E-state index contributed by atoms with van der Waals surface area (Å²) in [6, 6.07) is 29.2. The number of imide groups is 1. The van der Waals surface area contributed by atoms with E-state index in [-0.39, 0.29) is 29.2 Å². The fourth-order valence-corrected chi connectivity index (χ4v) is 6.82. The molecule has 3 amide bonds. The highest BCUT2D eigenvalue weighted by molar-refractivity contribution is 6.23. The van der Waals surface area contributed by atoms with Crippen LogP contribution in [-0.2, 0) is 19.1 Å². The van der Waals surface area contributed by atoms with E-state index in [2.05, 4.69) is 29.6 Å². The molecule has 3 aliphatic carbocycles. The highest BCUT2D eigenvalue weighted by atomic mass is 16.5. The van der Waals surface area contributed by atoms with Gasteiger partial charge in [0.1, 0.15) is 5.75 Å². The average Bonchev–Trinajstić information content (AvgIpc) is 3.29. The van der Waals surface area contributed by atoms with Crippen molar-refractivity contribution >= 4 is 35.1 Å². The number of anilines is 2. The molecule has 2 bridgehead atoms. The Hall–Kier alpha value is -5.24. The summed E-state index contributed by atoms with van der Waals surface area (Å²) in [5.74, 6) is -2.71. The first-order chi connectivity index (χ1) is 20.5. The summed E-state index contributed by atoms with van der Waals surface area (Å²) in [6.45, 7) is -0.508. The average molecular weight is 559 g/mol. The van der Waals surface area contributed by atoms with E-state index in [1.54, 1.807) is 36.4 Å². The molecule has 8 rings (SSSR count). The molecule has 0 aromatic heterocycles. The summed E-state index contributed by atoms with van der Waals surface area (Å²) in [6.07, 6.45) is 0. The van der Waals surface area contributed by atoms with Crippen LogP contribution < -0.4 is 15.0 Å². The van der Waals surface area contributed by atoms with Crippen molar-refractivity contribution in [1.82, 2.24) is 0 Å². The van der Waals surface area contributed by atoms with E-state index >= 15 is 0 Å².